The van der Waals surface area contributed by atoms with Crippen LogP contribution in [0.1, 0.15) is 20.3 Å². The van der Waals surface area contributed by atoms with Crippen molar-refractivity contribution in [1.29, 1.82) is 0 Å². The van der Waals surface area contributed by atoms with Crippen molar-refractivity contribution in [2.45, 2.75) is 25.2 Å². The van der Waals surface area contributed by atoms with Crippen LogP contribution in [0.2, 0.25) is 0 Å². The zero-order chi connectivity index (χ0) is 10.8. The third kappa shape index (κ3) is 7.95. The molecule has 0 atom stereocenters. The van der Waals surface area contributed by atoms with E-state index in [1.54, 1.807) is 0 Å². The minimum absolute atomic E-state index is 0.762. The molecule has 0 bridgehead atoms. The third-order valence-corrected chi connectivity index (χ3v) is 1.83. The molecular weight excluding hydrogens is 192 g/mol. The van der Waals surface area contributed by atoms with Crippen molar-refractivity contribution in [2.24, 2.45) is 0 Å². The lowest BCUT2D eigenvalue weighted by Crippen LogP contribution is -2.12. The minimum atomic E-state index is 0.762. The Hall–Kier alpha value is -0.670. The molecule has 0 aliphatic carbocycles. The van der Waals surface area contributed by atoms with Gasteiger partial charge in [-0.1, -0.05) is 19.9 Å². The summed E-state index contributed by atoms with van der Waals surface area (Å²) in [5.41, 5.74) is 6.17. The smallest absolute Gasteiger partial charge is 0.0325 e. The van der Waals surface area contributed by atoms with Gasteiger partial charge in [-0.05, 0) is 37.7 Å². The fourth-order valence-corrected chi connectivity index (χ4v) is 1.11. The second kappa shape index (κ2) is 8.91. The van der Waals surface area contributed by atoms with Gasteiger partial charge in [-0.15, -0.1) is 12.6 Å². The molecule has 0 heterocycles. The first-order valence-corrected chi connectivity index (χ1v) is 5.40. The molecule has 0 aliphatic rings. The van der Waals surface area contributed by atoms with E-state index in [4.69, 9.17) is 5.73 Å². The summed E-state index contributed by atoms with van der Waals surface area (Å²) in [6, 6.07) is 7.40. The summed E-state index contributed by atoms with van der Waals surface area (Å²) in [6.45, 7) is 6.56. The maximum Gasteiger partial charge on any atom is 0.0325 e. The van der Waals surface area contributed by atoms with Crippen LogP contribution in [-0.4, -0.2) is 13.1 Å². The lowest BCUT2D eigenvalue weighted by molar-refractivity contribution is 0.703. The minimum Gasteiger partial charge on any atom is -0.399 e. The first-order valence-electron chi connectivity index (χ1n) is 4.95. The molecular formula is C11H20N2S. The lowest BCUT2D eigenvalue weighted by Gasteiger charge is -1.91. The second-order valence-electron chi connectivity index (χ2n) is 2.95. The number of hydrogen-bond acceptors (Lipinski definition) is 3. The van der Waals surface area contributed by atoms with Gasteiger partial charge < -0.3 is 11.1 Å². The Bertz CT molecular complexity index is 217. The van der Waals surface area contributed by atoms with E-state index in [0.717, 1.165) is 23.7 Å². The highest BCUT2D eigenvalue weighted by molar-refractivity contribution is 7.80. The SMILES string of the molecule is CCCNCC.Nc1cccc(S)c1. The Kier molecular flexibility index (Phi) is 8.48. The Morgan fingerprint density at radius 3 is 2.36 bits per heavy atom. The van der Waals surface area contributed by atoms with Crippen molar-refractivity contribution in [3.8, 4) is 0 Å². The molecule has 0 spiro atoms. The monoisotopic (exact) mass is 212 g/mol. The summed E-state index contributed by atoms with van der Waals surface area (Å²) < 4.78 is 0. The van der Waals surface area contributed by atoms with Gasteiger partial charge in [0.25, 0.3) is 0 Å². The van der Waals surface area contributed by atoms with Gasteiger partial charge in [0.05, 0.1) is 0 Å². The fourth-order valence-electron chi connectivity index (χ4n) is 0.878. The van der Waals surface area contributed by atoms with Crippen LogP contribution in [0.5, 0.6) is 0 Å². The maximum atomic E-state index is 5.41. The molecule has 0 aromatic heterocycles. The summed E-state index contributed by atoms with van der Waals surface area (Å²) in [5, 5.41) is 3.20. The molecule has 80 valence electrons. The van der Waals surface area contributed by atoms with Crippen LogP contribution in [0.3, 0.4) is 0 Å². The molecule has 0 amide bonds. The van der Waals surface area contributed by atoms with Crippen LogP contribution in [0, 0.1) is 0 Å². The van der Waals surface area contributed by atoms with Gasteiger partial charge in [-0.25, -0.2) is 0 Å². The van der Waals surface area contributed by atoms with Crippen LogP contribution in [0.25, 0.3) is 0 Å². The molecule has 3 N–H and O–H groups in total. The first kappa shape index (κ1) is 13.3. The van der Waals surface area contributed by atoms with E-state index in [1.807, 2.05) is 24.3 Å². The number of hydrogen-bond donors (Lipinski definition) is 3. The summed E-state index contributed by atoms with van der Waals surface area (Å²) in [5.74, 6) is 0. The highest BCUT2D eigenvalue weighted by atomic mass is 32.1. The summed E-state index contributed by atoms with van der Waals surface area (Å²) >= 11 is 4.07. The zero-order valence-corrected chi connectivity index (χ0v) is 9.85. The van der Waals surface area contributed by atoms with Crippen LogP contribution in [0.4, 0.5) is 5.69 Å². The zero-order valence-electron chi connectivity index (χ0n) is 8.96. The van der Waals surface area contributed by atoms with E-state index in [-0.39, 0.29) is 0 Å². The number of nitrogens with one attached hydrogen (secondary N) is 1. The predicted molar refractivity (Wildman–Crippen MR) is 66.9 cm³/mol. The van der Waals surface area contributed by atoms with Gasteiger partial charge in [0.15, 0.2) is 0 Å². The van der Waals surface area contributed by atoms with E-state index in [0.29, 0.717) is 0 Å². The molecule has 0 radical (unpaired) electrons. The van der Waals surface area contributed by atoms with E-state index < -0.39 is 0 Å². The summed E-state index contributed by atoms with van der Waals surface area (Å²) in [7, 11) is 0. The fraction of sp³-hybridized carbons (Fsp3) is 0.455. The van der Waals surface area contributed by atoms with Crippen LogP contribution in [0.15, 0.2) is 29.2 Å². The Morgan fingerprint density at radius 1 is 1.36 bits per heavy atom. The molecule has 0 aliphatic heterocycles. The summed E-state index contributed by atoms with van der Waals surface area (Å²) in [6.07, 6.45) is 1.24. The van der Waals surface area contributed by atoms with Crippen molar-refractivity contribution in [3.63, 3.8) is 0 Å². The molecule has 14 heavy (non-hydrogen) atoms. The van der Waals surface area contributed by atoms with Gasteiger partial charge in [0, 0.05) is 10.6 Å². The van der Waals surface area contributed by atoms with Gasteiger partial charge in [-0.2, -0.15) is 0 Å². The number of benzene rings is 1. The average molecular weight is 212 g/mol. The molecule has 2 nitrogen and oxygen atoms in total. The molecule has 1 aromatic rings. The lowest BCUT2D eigenvalue weighted by atomic mass is 10.3. The Labute approximate surface area is 92.3 Å². The molecule has 3 heteroatoms. The molecule has 1 aromatic carbocycles. The topological polar surface area (TPSA) is 38.0 Å². The first-order chi connectivity index (χ1) is 6.70. The number of thiol groups is 1. The molecule has 0 saturated carbocycles. The number of rotatable bonds is 3. The number of nitrogens with two attached hydrogens (primary N) is 1. The highest BCUT2D eigenvalue weighted by Crippen LogP contribution is 2.08. The van der Waals surface area contributed by atoms with Gasteiger partial charge in [0.2, 0.25) is 0 Å². The Morgan fingerprint density at radius 2 is 2.07 bits per heavy atom. The normalized spacial score (nSPS) is 9.07. The van der Waals surface area contributed by atoms with E-state index in [9.17, 15) is 0 Å². The molecule has 0 fully saturated rings. The Balaban J connectivity index is 0.000000255. The quantitative estimate of drug-likeness (QED) is 0.409. The van der Waals surface area contributed by atoms with Crippen molar-refractivity contribution in [1.82, 2.24) is 5.32 Å². The van der Waals surface area contributed by atoms with Crippen molar-refractivity contribution in [2.75, 3.05) is 18.8 Å². The molecule has 0 saturated heterocycles. The third-order valence-electron chi connectivity index (χ3n) is 1.55. The van der Waals surface area contributed by atoms with E-state index in [2.05, 4.69) is 31.8 Å². The molecule has 1 rings (SSSR count). The summed E-state index contributed by atoms with van der Waals surface area (Å²) in [4.78, 5) is 0.907. The highest BCUT2D eigenvalue weighted by Gasteiger charge is 1.82. The largest absolute Gasteiger partial charge is 0.399 e. The van der Waals surface area contributed by atoms with Gasteiger partial charge >= 0.3 is 0 Å². The van der Waals surface area contributed by atoms with Crippen molar-refractivity contribution >= 4 is 18.3 Å². The molecule has 0 unspecified atom stereocenters. The van der Waals surface area contributed by atoms with Crippen LogP contribution < -0.4 is 11.1 Å². The predicted octanol–water partition coefficient (Wildman–Crippen LogP) is 2.56. The maximum absolute atomic E-state index is 5.41. The van der Waals surface area contributed by atoms with Crippen molar-refractivity contribution < 1.29 is 0 Å². The van der Waals surface area contributed by atoms with E-state index >= 15 is 0 Å². The van der Waals surface area contributed by atoms with E-state index in [1.165, 1.54) is 6.42 Å². The van der Waals surface area contributed by atoms with Gasteiger partial charge in [-0.3, -0.25) is 0 Å². The number of nitrogen functional groups attached to an aromatic ring is 1. The van der Waals surface area contributed by atoms with Crippen LogP contribution in [-0.2, 0) is 0 Å². The van der Waals surface area contributed by atoms with Gasteiger partial charge in [0.1, 0.15) is 0 Å². The average Bonchev–Trinajstić information content (AvgIpc) is 2.15. The number of anilines is 1. The second-order valence-corrected chi connectivity index (χ2v) is 3.46. The standard InChI is InChI=1S/C6H7NS.C5H13N/c7-5-2-1-3-6(8)4-5;1-3-5-6-4-2/h1-4,8H,7H2;6H,3-5H2,1-2H3. The van der Waals surface area contributed by atoms with Crippen LogP contribution >= 0.6 is 12.6 Å². The van der Waals surface area contributed by atoms with Crippen molar-refractivity contribution in [3.05, 3.63) is 24.3 Å².